The van der Waals surface area contributed by atoms with Crippen LogP contribution in [-0.2, 0) is 11.4 Å². The number of thioether (sulfide) groups is 1. The van der Waals surface area contributed by atoms with Gasteiger partial charge in [-0.1, -0.05) is 36.4 Å². The first-order valence-electron chi connectivity index (χ1n) is 11.8. The Kier molecular flexibility index (Phi) is 8.38. The summed E-state index contributed by atoms with van der Waals surface area (Å²) in [6.07, 6.45) is 3.76. The van der Waals surface area contributed by atoms with E-state index in [1.54, 1.807) is 31.1 Å². The first-order chi connectivity index (χ1) is 17.9. The highest BCUT2D eigenvalue weighted by Crippen LogP contribution is 2.27. The lowest BCUT2D eigenvalue weighted by Gasteiger charge is -2.14. The van der Waals surface area contributed by atoms with E-state index in [1.165, 1.54) is 12.2 Å². The lowest BCUT2D eigenvalue weighted by Crippen LogP contribution is -2.25. The summed E-state index contributed by atoms with van der Waals surface area (Å²) >= 11 is 1.63. The van der Waals surface area contributed by atoms with Crippen LogP contribution in [0.15, 0.2) is 90.0 Å². The molecule has 188 valence electrons. The van der Waals surface area contributed by atoms with E-state index in [9.17, 15) is 9.59 Å². The van der Waals surface area contributed by atoms with Gasteiger partial charge in [0.1, 0.15) is 0 Å². The highest BCUT2D eigenvalue weighted by molar-refractivity contribution is 7.98. The van der Waals surface area contributed by atoms with Crippen molar-refractivity contribution < 1.29 is 14.4 Å². The number of rotatable bonds is 8. The van der Waals surface area contributed by atoms with Crippen molar-refractivity contribution in [2.24, 2.45) is 0 Å². The van der Waals surface area contributed by atoms with Crippen LogP contribution in [0.4, 0.5) is 0 Å². The lowest BCUT2D eigenvalue weighted by atomic mass is 9.98. The number of carbonyl (C=O) groups excluding carboxylic acids is 2. The molecule has 1 aromatic heterocycles. The largest absolute Gasteiger partial charge is 0.346 e. The second kappa shape index (κ2) is 11.9. The van der Waals surface area contributed by atoms with Crippen molar-refractivity contribution in [2.45, 2.75) is 18.4 Å². The minimum Gasteiger partial charge on any atom is -0.346 e. The molecule has 0 saturated carbocycles. The maximum atomic E-state index is 12.7. The van der Waals surface area contributed by atoms with Gasteiger partial charge in [-0.25, -0.2) is 5.06 Å². The quantitative estimate of drug-likeness (QED) is 0.232. The minimum absolute atomic E-state index is 0.127. The molecule has 4 aromatic rings. The van der Waals surface area contributed by atoms with E-state index in [0.29, 0.717) is 17.7 Å². The van der Waals surface area contributed by atoms with E-state index >= 15 is 0 Å². The van der Waals surface area contributed by atoms with Crippen LogP contribution in [0.3, 0.4) is 0 Å². The summed E-state index contributed by atoms with van der Waals surface area (Å²) < 4.78 is 0. The van der Waals surface area contributed by atoms with Gasteiger partial charge in [0.05, 0.1) is 19.3 Å². The maximum absolute atomic E-state index is 12.7. The molecule has 4 rings (SSSR count). The average molecular weight is 512 g/mol. The summed E-state index contributed by atoms with van der Waals surface area (Å²) in [5, 5.41) is 4.18. The summed E-state index contributed by atoms with van der Waals surface area (Å²) in [6, 6.07) is 25.2. The second-order valence-electron chi connectivity index (χ2n) is 8.55. The molecule has 2 amide bonds. The molecular formula is C30H29N3O3S. The van der Waals surface area contributed by atoms with Crippen molar-refractivity contribution in [2.75, 3.05) is 20.4 Å². The fourth-order valence-electron chi connectivity index (χ4n) is 3.96. The zero-order chi connectivity index (χ0) is 26.4. The molecule has 0 fully saturated rings. The Labute approximate surface area is 221 Å². The van der Waals surface area contributed by atoms with Gasteiger partial charge >= 0.3 is 0 Å². The number of nitrogens with zero attached hydrogens (tertiary/aromatic N) is 2. The van der Waals surface area contributed by atoms with E-state index in [1.807, 2.05) is 79.9 Å². The summed E-state index contributed by atoms with van der Waals surface area (Å²) in [5.74, 6) is -0.338. The van der Waals surface area contributed by atoms with Crippen LogP contribution >= 0.6 is 11.8 Å². The number of pyridine rings is 1. The first kappa shape index (κ1) is 26.1. The number of nitrogens with one attached hydrogen (secondary N) is 1. The minimum atomic E-state index is -0.211. The number of aryl methyl sites for hydroxylation is 1. The van der Waals surface area contributed by atoms with Crippen molar-refractivity contribution >= 4 is 23.6 Å². The number of hydroxylamine groups is 2. The van der Waals surface area contributed by atoms with Crippen LogP contribution in [0.5, 0.6) is 0 Å². The number of hydrogen-bond donors (Lipinski definition) is 1. The fraction of sp³-hybridized carbons (Fsp3) is 0.167. The van der Waals surface area contributed by atoms with Gasteiger partial charge in [0, 0.05) is 29.3 Å². The van der Waals surface area contributed by atoms with E-state index in [4.69, 9.17) is 4.84 Å². The summed E-state index contributed by atoms with van der Waals surface area (Å²) in [5.41, 5.74) is 7.03. The third kappa shape index (κ3) is 6.25. The van der Waals surface area contributed by atoms with Crippen molar-refractivity contribution in [3.05, 3.63) is 107 Å². The van der Waals surface area contributed by atoms with Crippen molar-refractivity contribution in [3.8, 4) is 22.3 Å². The SMILES string of the molecule is CON(C)C(=O)c1cccc(-c2cccc(-c3ccnc(CNC(=O)c4ccc(C)c(SC)c4)c3)c2)c1. The molecule has 1 heterocycles. The third-order valence-corrected chi connectivity index (χ3v) is 7.00. The average Bonchev–Trinajstić information content (AvgIpc) is 2.95. The van der Waals surface area contributed by atoms with E-state index in [0.717, 1.165) is 38.4 Å². The topological polar surface area (TPSA) is 71.5 Å². The van der Waals surface area contributed by atoms with Crippen LogP contribution in [0.25, 0.3) is 22.3 Å². The van der Waals surface area contributed by atoms with E-state index in [-0.39, 0.29) is 11.8 Å². The standard InChI is InChI=1S/C30H29N3O3S/c1-20-11-12-25(18-28(20)37-4)29(34)32-19-27-17-24(13-14-31-27)22-8-5-7-21(15-22)23-9-6-10-26(16-23)30(35)33(2)36-3/h5-18H,19H2,1-4H3,(H,32,34). The molecule has 0 bridgehead atoms. The molecule has 6 nitrogen and oxygen atoms in total. The Morgan fingerprint density at radius 3 is 2.27 bits per heavy atom. The molecule has 0 saturated heterocycles. The van der Waals surface area contributed by atoms with Crippen molar-refractivity contribution in [1.82, 2.24) is 15.4 Å². The smallest absolute Gasteiger partial charge is 0.277 e. The molecular weight excluding hydrogens is 482 g/mol. The van der Waals surface area contributed by atoms with E-state index < -0.39 is 0 Å². The second-order valence-corrected chi connectivity index (χ2v) is 9.40. The van der Waals surface area contributed by atoms with Gasteiger partial charge < -0.3 is 5.32 Å². The third-order valence-electron chi connectivity index (χ3n) is 6.12. The zero-order valence-corrected chi connectivity index (χ0v) is 22.1. The molecule has 0 spiro atoms. The number of hydrogen-bond acceptors (Lipinski definition) is 5. The molecule has 0 aliphatic heterocycles. The summed E-state index contributed by atoms with van der Waals surface area (Å²) in [7, 11) is 3.05. The Hall–Kier alpha value is -3.94. The van der Waals surface area contributed by atoms with Gasteiger partial charge in [-0.15, -0.1) is 11.8 Å². The van der Waals surface area contributed by atoms with Crippen LogP contribution in [-0.4, -0.2) is 42.3 Å². The van der Waals surface area contributed by atoms with Gasteiger partial charge in [0.25, 0.3) is 11.8 Å². The van der Waals surface area contributed by atoms with Gasteiger partial charge in [-0.3, -0.25) is 19.4 Å². The van der Waals surface area contributed by atoms with Gasteiger partial charge in [-0.05, 0) is 83.5 Å². The van der Waals surface area contributed by atoms with Crippen LogP contribution < -0.4 is 5.32 Å². The zero-order valence-electron chi connectivity index (χ0n) is 21.3. The predicted molar refractivity (Wildman–Crippen MR) is 148 cm³/mol. The Morgan fingerprint density at radius 1 is 0.892 bits per heavy atom. The highest BCUT2D eigenvalue weighted by atomic mass is 32.2. The van der Waals surface area contributed by atoms with Crippen LogP contribution in [0.2, 0.25) is 0 Å². The van der Waals surface area contributed by atoms with Crippen molar-refractivity contribution in [1.29, 1.82) is 0 Å². The Morgan fingerprint density at radius 2 is 1.57 bits per heavy atom. The monoisotopic (exact) mass is 511 g/mol. The molecule has 0 aliphatic rings. The van der Waals surface area contributed by atoms with Gasteiger partial charge in [-0.2, -0.15) is 0 Å². The Balaban J connectivity index is 1.51. The van der Waals surface area contributed by atoms with E-state index in [2.05, 4.69) is 16.4 Å². The molecule has 37 heavy (non-hydrogen) atoms. The summed E-state index contributed by atoms with van der Waals surface area (Å²) in [4.78, 5) is 35.8. The number of aromatic nitrogens is 1. The number of benzene rings is 3. The molecule has 0 aliphatic carbocycles. The predicted octanol–water partition coefficient (Wildman–Crippen LogP) is 6.01. The Bertz CT molecular complexity index is 1440. The molecule has 3 aromatic carbocycles. The number of amides is 2. The van der Waals surface area contributed by atoms with Crippen molar-refractivity contribution in [3.63, 3.8) is 0 Å². The summed E-state index contributed by atoms with van der Waals surface area (Å²) in [6.45, 7) is 2.36. The molecule has 0 unspecified atom stereocenters. The molecule has 0 radical (unpaired) electrons. The molecule has 1 N–H and O–H groups in total. The lowest BCUT2D eigenvalue weighted by molar-refractivity contribution is -0.0756. The van der Waals surface area contributed by atoms with Gasteiger partial charge in [0.2, 0.25) is 0 Å². The van der Waals surface area contributed by atoms with Gasteiger partial charge in [0.15, 0.2) is 0 Å². The highest BCUT2D eigenvalue weighted by Gasteiger charge is 2.13. The number of carbonyl (C=O) groups is 2. The maximum Gasteiger partial charge on any atom is 0.277 e. The van der Waals surface area contributed by atoms with Crippen LogP contribution in [0.1, 0.15) is 32.0 Å². The van der Waals surface area contributed by atoms with Crippen LogP contribution in [0, 0.1) is 6.92 Å². The fourth-order valence-corrected chi connectivity index (χ4v) is 4.60. The molecule has 7 heteroatoms. The first-order valence-corrected chi connectivity index (χ1v) is 13.0. The molecule has 0 atom stereocenters. The normalized spacial score (nSPS) is 10.7.